The summed E-state index contributed by atoms with van der Waals surface area (Å²) in [5.41, 5.74) is 5.34. The van der Waals surface area contributed by atoms with E-state index >= 15 is 0 Å². The lowest BCUT2D eigenvalue weighted by Gasteiger charge is -2.32. The van der Waals surface area contributed by atoms with Crippen LogP contribution in [0.3, 0.4) is 0 Å². The lowest BCUT2D eigenvalue weighted by atomic mass is 9.87. The molecule has 1 aromatic rings. The summed E-state index contributed by atoms with van der Waals surface area (Å²) in [5.74, 6) is -0.465. The maximum Gasteiger partial charge on any atom is 0.288 e. The van der Waals surface area contributed by atoms with E-state index in [0.29, 0.717) is 12.8 Å². The van der Waals surface area contributed by atoms with E-state index in [0.717, 1.165) is 12.3 Å². The summed E-state index contributed by atoms with van der Waals surface area (Å²) in [6, 6.07) is 1.22. The summed E-state index contributed by atoms with van der Waals surface area (Å²) >= 11 is 5.75. The monoisotopic (exact) mass is 270 g/mol. The summed E-state index contributed by atoms with van der Waals surface area (Å²) < 4.78 is 0. The first-order valence-corrected chi connectivity index (χ1v) is 5.71. The maximum atomic E-state index is 11.9. The Morgan fingerprint density at radius 2 is 2.28 bits per heavy atom. The van der Waals surface area contributed by atoms with Crippen molar-refractivity contribution >= 4 is 23.2 Å². The average Bonchev–Trinajstić information content (AvgIpc) is 2.27. The van der Waals surface area contributed by atoms with E-state index in [1.807, 2.05) is 0 Å². The zero-order valence-electron chi connectivity index (χ0n) is 9.30. The van der Waals surface area contributed by atoms with Crippen molar-refractivity contribution in [2.24, 2.45) is 5.73 Å². The minimum absolute atomic E-state index is 0.00262. The Hall–Kier alpha value is -1.73. The van der Waals surface area contributed by atoms with Crippen LogP contribution in [0.5, 0.6) is 0 Å². The smallest absolute Gasteiger partial charge is 0.288 e. The maximum absolute atomic E-state index is 11.9. The summed E-state index contributed by atoms with van der Waals surface area (Å²) in [7, 11) is 0. The van der Waals surface area contributed by atoms with Gasteiger partial charge < -0.3 is 11.1 Å². The van der Waals surface area contributed by atoms with Crippen molar-refractivity contribution in [1.82, 2.24) is 10.3 Å². The molecule has 96 valence electrons. The molecular weight excluding hydrogens is 260 g/mol. The van der Waals surface area contributed by atoms with Crippen LogP contribution in [0.2, 0.25) is 5.15 Å². The predicted octanol–water partition coefficient (Wildman–Crippen LogP) is 0.863. The molecule has 0 saturated heterocycles. The van der Waals surface area contributed by atoms with Crippen molar-refractivity contribution in [2.45, 2.75) is 24.9 Å². The van der Waals surface area contributed by atoms with E-state index in [4.69, 9.17) is 17.3 Å². The number of aromatic nitrogens is 1. The first kappa shape index (κ1) is 12.7. The van der Waals surface area contributed by atoms with Crippen molar-refractivity contribution in [2.75, 3.05) is 0 Å². The quantitative estimate of drug-likeness (QED) is 0.481. The second kappa shape index (κ2) is 4.87. The topological polar surface area (TPSA) is 111 Å². The SMILES string of the molecule is NC1CC(NC(=O)c2cc([N+](=O)[O-])cnc2Cl)C1. The third kappa shape index (κ3) is 2.57. The first-order valence-electron chi connectivity index (χ1n) is 5.33. The average molecular weight is 271 g/mol. The Kier molecular flexibility index (Phi) is 3.44. The Balaban J connectivity index is 2.13. The van der Waals surface area contributed by atoms with Gasteiger partial charge in [0.25, 0.3) is 11.6 Å². The summed E-state index contributed by atoms with van der Waals surface area (Å²) in [4.78, 5) is 25.4. The Morgan fingerprint density at radius 1 is 1.61 bits per heavy atom. The molecule has 0 aromatic carbocycles. The third-order valence-electron chi connectivity index (χ3n) is 2.79. The van der Waals surface area contributed by atoms with Gasteiger partial charge in [-0.2, -0.15) is 0 Å². The Labute approximate surface area is 107 Å². The number of hydrogen-bond acceptors (Lipinski definition) is 5. The summed E-state index contributed by atoms with van der Waals surface area (Å²) in [6.45, 7) is 0. The fourth-order valence-corrected chi connectivity index (χ4v) is 1.93. The number of nitrogens with zero attached hydrogens (tertiary/aromatic N) is 2. The Morgan fingerprint density at radius 3 is 2.83 bits per heavy atom. The molecule has 0 radical (unpaired) electrons. The molecule has 1 aliphatic carbocycles. The van der Waals surface area contributed by atoms with Gasteiger partial charge in [-0.15, -0.1) is 0 Å². The number of hydrogen-bond donors (Lipinski definition) is 2. The number of nitrogens with two attached hydrogens (primary N) is 1. The lowest BCUT2D eigenvalue weighted by molar-refractivity contribution is -0.385. The lowest BCUT2D eigenvalue weighted by Crippen LogP contribution is -2.50. The molecule has 3 N–H and O–H groups in total. The van der Waals surface area contributed by atoms with Gasteiger partial charge in [0.15, 0.2) is 0 Å². The number of carbonyl (C=O) groups excluding carboxylic acids is 1. The standard InChI is InChI=1S/C10H11ClN4O3/c11-9-8(3-7(4-13-9)15(17)18)10(16)14-6-1-5(12)2-6/h3-6H,1-2,12H2,(H,14,16). The first-order chi connectivity index (χ1) is 8.47. The van der Waals surface area contributed by atoms with Crippen LogP contribution in [-0.2, 0) is 0 Å². The molecule has 1 aromatic heterocycles. The van der Waals surface area contributed by atoms with Crippen LogP contribution in [0.4, 0.5) is 5.69 Å². The third-order valence-corrected chi connectivity index (χ3v) is 3.09. The normalized spacial score (nSPS) is 22.1. The van der Waals surface area contributed by atoms with E-state index < -0.39 is 10.8 Å². The zero-order chi connectivity index (χ0) is 13.3. The zero-order valence-corrected chi connectivity index (χ0v) is 10.1. The molecule has 0 bridgehead atoms. The van der Waals surface area contributed by atoms with Gasteiger partial charge in [0.2, 0.25) is 0 Å². The van der Waals surface area contributed by atoms with E-state index in [-0.39, 0.29) is 28.5 Å². The number of amides is 1. The molecule has 1 heterocycles. The van der Waals surface area contributed by atoms with Gasteiger partial charge in [0.1, 0.15) is 11.3 Å². The van der Waals surface area contributed by atoms with Crippen LogP contribution in [0, 0.1) is 10.1 Å². The highest BCUT2D eigenvalue weighted by Gasteiger charge is 2.28. The molecule has 2 rings (SSSR count). The fourth-order valence-electron chi connectivity index (χ4n) is 1.74. The van der Waals surface area contributed by atoms with Gasteiger partial charge >= 0.3 is 0 Å². The molecule has 7 nitrogen and oxygen atoms in total. The van der Waals surface area contributed by atoms with Gasteiger partial charge in [-0.1, -0.05) is 11.6 Å². The van der Waals surface area contributed by atoms with Crippen LogP contribution >= 0.6 is 11.6 Å². The molecule has 0 unspecified atom stereocenters. The van der Waals surface area contributed by atoms with Crippen molar-refractivity contribution < 1.29 is 9.72 Å². The molecule has 0 spiro atoms. The molecule has 0 aliphatic heterocycles. The number of nitrogens with one attached hydrogen (secondary N) is 1. The number of halogens is 1. The van der Waals surface area contributed by atoms with Crippen LogP contribution in [0.25, 0.3) is 0 Å². The predicted molar refractivity (Wildman–Crippen MR) is 64.4 cm³/mol. The van der Waals surface area contributed by atoms with Crippen molar-refractivity contribution in [3.63, 3.8) is 0 Å². The van der Waals surface area contributed by atoms with Crippen molar-refractivity contribution in [1.29, 1.82) is 0 Å². The van der Waals surface area contributed by atoms with E-state index in [9.17, 15) is 14.9 Å². The van der Waals surface area contributed by atoms with Crippen LogP contribution in [0.15, 0.2) is 12.3 Å². The fraction of sp³-hybridized carbons (Fsp3) is 0.400. The van der Waals surface area contributed by atoms with Crippen LogP contribution in [-0.4, -0.2) is 27.9 Å². The second-order valence-corrected chi connectivity index (χ2v) is 4.55. The van der Waals surface area contributed by atoms with Gasteiger partial charge in [0.05, 0.1) is 10.5 Å². The van der Waals surface area contributed by atoms with Crippen molar-refractivity contribution in [3.05, 3.63) is 33.1 Å². The number of carbonyl (C=O) groups is 1. The van der Waals surface area contributed by atoms with E-state index in [2.05, 4.69) is 10.3 Å². The molecule has 1 amide bonds. The minimum Gasteiger partial charge on any atom is -0.349 e. The second-order valence-electron chi connectivity index (χ2n) is 4.19. The van der Waals surface area contributed by atoms with E-state index in [1.54, 1.807) is 0 Å². The summed E-state index contributed by atoms with van der Waals surface area (Å²) in [6.07, 6.45) is 2.41. The van der Waals surface area contributed by atoms with Gasteiger partial charge in [-0.05, 0) is 12.8 Å². The largest absolute Gasteiger partial charge is 0.349 e. The van der Waals surface area contributed by atoms with Crippen molar-refractivity contribution in [3.8, 4) is 0 Å². The molecular formula is C10H11ClN4O3. The van der Waals surface area contributed by atoms with Gasteiger partial charge in [-0.3, -0.25) is 14.9 Å². The summed E-state index contributed by atoms with van der Waals surface area (Å²) in [5, 5.41) is 13.2. The highest BCUT2D eigenvalue weighted by atomic mass is 35.5. The molecule has 1 saturated carbocycles. The van der Waals surface area contributed by atoms with Crippen LogP contribution in [0.1, 0.15) is 23.2 Å². The van der Waals surface area contributed by atoms with Crippen LogP contribution < -0.4 is 11.1 Å². The molecule has 0 atom stereocenters. The Bertz CT molecular complexity index is 502. The molecule has 8 heteroatoms. The van der Waals surface area contributed by atoms with Gasteiger partial charge in [-0.25, -0.2) is 4.98 Å². The molecule has 1 fully saturated rings. The molecule has 1 aliphatic rings. The minimum atomic E-state index is -0.626. The number of pyridine rings is 1. The number of rotatable bonds is 3. The number of nitro groups is 1. The van der Waals surface area contributed by atoms with Gasteiger partial charge in [0, 0.05) is 18.2 Å². The molecule has 18 heavy (non-hydrogen) atoms. The highest BCUT2D eigenvalue weighted by Crippen LogP contribution is 2.21. The van der Waals surface area contributed by atoms with E-state index in [1.165, 1.54) is 0 Å². The highest BCUT2D eigenvalue weighted by molar-refractivity contribution is 6.32.